The Kier molecular flexibility index (Phi) is 5.18. The molecule has 0 bridgehead atoms. The molecule has 0 aromatic heterocycles. The van der Waals surface area contributed by atoms with E-state index in [1.165, 1.54) is 10.4 Å². The van der Waals surface area contributed by atoms with Gasteiger partial charge in [0.1, 0.15) is 5.75 Å². The van der Waals surface area contributed by atoms with E-state index in [2.05, 4.69) is 0 Å². The third kappa shape index (κ3) is 3.94. The van der Waals surface area contributed by atoms with E-state index in [-0.39, 0.29) is 11.4 Å². The van der Waals surface area contributed by atoms with Gasteiger partial charge in [-0.15, -0.1) is 0 Å². The summed E-state index contributed by atoms with van der Waals surface area (Å²) in [5, 5.41) is 9.84. The number of benzene rings is 1. The molecule has 0 aliphatic heterocycles. The maximum atomic E-state index is 12.6. The first-order valence-corrected chi connectivity index (χ1v) is 7.93. The van der Waals surface area contributed by atoms with Gasteiger partial charge in [-0.3, -0.25) is 0 Å². The minimum atomic E-state index is -3.61. The summed E-state index contributed by atoms with van der Waals surface area (Å²) in [6.45, 7) is 7.08. The van der Waals surface area contributed by atoms with Gasteiger partial charge in [0.2, 0.25) is 10.0 Å². The van der Waals surface area contributed by atoms with Crippen molar-refractivity contribution in [1.82, 2.24) is 4.31 Å². The highest BCUT2D eigenvalue weighted by molar-refractivity contribution is 7.89. The highest BCUT2D eigenvalue weighted by Crippen LogP contribution is 2.24. The van der Waals surface area contributed by atoms with Gasteiger partial charge in [0.25, 0.3) is 0 Å². The van der Waals surface area contributed by atoms with E-state index in [0.29, 0.717) is 12.3 Å². The fourth-order valence-corrected chi connectivity index (χ4v) is 3.65. The first-order chi connectivity index (χ1) is 9.11. The van der Waals surface area contributed by atoms with Crippen molar-refractivity contribution in [1.29, 1.82) is 0 Å². The molecule has 1 aromatic carbocycles. The summed E-state index contributed by atoms with van der Waals surface area (Å²) < 4.78 is 31.5. The number of likely N-dealkylation sites (N-methyl/N-ethyl adjacent to an activating group) is 1. The normalized spacial score (nSPS) is 12.8. The van der Waals surface area contributed by atoms with Gasteiger partial charge in [-0.05, 0) is 44.5 Å². The number of hydrogen-bond acceptors (Lipinski definition) is 4. The minimum absolute atomic E-state index is 0.0525. The second-order valence-electron chi connectivity index (χ2n) is 5.38. The van der Waals surface area contributed by atoms with Crippen molar-refractivity contribution in [3.8, 4) is 5.75 Å². The largest absolute Gasteiger partial charge is 0.496 e. The molecule has 0 saturated carbocycles. The second kappa shape index (κ2) is 6.11. The fourth-order valence-electron chi connectivity index (χ4n) is 1.96. The van der Waals surface area contributed by atoms with Crippen LogP contribution in [0.15, 0.2) is 23.1 Å². The molecule has 0 fully saturated rings. The standard InChI is InChI=1S/C14H23NO4S/c1-6-15(10-14(3,4)16)20(17,18)12-7-8-13(19-5)11(2)9-12/h7-9,16H,6,10H2,1-5H3. The van der Waals surface area contributed by atoms with Crippen LogP contribution < -0.4 is 4.74 Å². The lowest BCUT2D eigenvalue weighted by atomic mass is 10.1. The monoisotopic (exact) mass is 301 g/mol. The molecule has 0 unspecified atom stereocenters. The van der Waals surface area contributed by atoms with Crippen LogP contribution in [0, 0.1) is 6.92 Å². The minimum Gasteiger partial charge on any atom is -0.496 e. The van der Waals surface area contributed by atoms with Crippen LogP contribution in [0.1, 0.15) is 26.3 Å². The van der Waals surface area contributed by atoms with Crippen LogP contribution >= 0.6 is 0 Å². The van der Waals surface area contributed by atoms with Crippen molar-refractivity contribution in [3.05, 3.63) is 23.8 Å². The Bertz CT molecular complexity index is 561. The summed E-state index contributed by atoms with van der Waals surface area (Å²) >= 11 is 0. The number of aryl methyl sites for hydroxylation is 1. The lowest BCUT2D eigenvalue weighted by Gasteiger charge is -2.27. The van der Waals surface area contributed by atoms with Crippen molar-refractivity contribution < 1.29 is 18.3 Å². The summed E-state index contributed by atoms with van der Waals surface area (Å²) in [5.41, 5.74) is -0.321. The molecule has 1 aromatic rings. The molecule has 0 amide bonds. The Morgan fingerprint density at radius 3 is 2.35 bits per heavy atom. The molecule has 5 nitrogen and oxygen atoms in total. The molecule has 6 heteroatoms. The van der Waals surface area contributed by atoms with Crippen molar-refractivity contribution in [2.75, 3.05) is 20.2 Å². The summed E-state index contributed by atoms with van der Waals surface area (Å²) in [6, 6.07) is 4.75. The Labute approximate surface area is 121 Å². The predicted molar refractivity (Wildman–Crippen MR) is 78.5 cm³/mol. The number of ether oxygens (including phenoxy) is 1. The molecule has 0 aliphatic rings. The average Bonchev–Trinajstić information content (AvgIpc) is 2.34. The quantitative estimate of drug-likeness (QED) is 0.870. The molecule has 0 radical (unpaired) electrons. The number of rotatable bonds is 6. The van der Waals surface area contributed by atoms with Gasteiger partial charge in [-0.1, -0.05) is 6.92 Å². The van der Waals surface area contributed by atoms with Crippen molar-refractivity contribution in [2.45, 2.75) is 38.2 Å². The highest BCUT2D eigenvalue weighted by atomic mass is 32.2. The van der Waals surface area contributed by atoms with E-state index in [1.54, 1.807) is 46.9 Å². The lowest BCUT2D eigenvalue weighted by molar-refractivity contribution is 0.0601. The number of nitrogens with zero attached hydrogens (tertiary/aromatic N) is 1. The maximum Gasteiger partial charge on any atom is 0.243 e. The van der Waals surface area contributed by atoms with Gasteiger partial charge in [-0.25, -0.2) is 8.42 Å². The smallest absolute Gasteiger partial charge is 0.243 e. The third-order valence-electron chi connectivity index (χ3n) is 2.92. The van der Waals surface area contributed by atoms with Crippen LogP contribution in [0.25, 0.3) is 0 Å². The zero-order valence-electron chi connectivity index (χ0n) is 12.7. The van der Waals surface area contributed by atoms with Crippen molar-refractivity contribution in [3.63, 3.8) is 0 Å². The van der Waals surface area contributed by atoms with Crippen LogP contribution in [-0.2, 0) is 10.0 Å². The molecule has 1 rings (SSSR count). The van der Waals surface area contributed by atoms with Crippen molar-refractivity contribution in [2.24, 2.45) is 0 Å². The van der Waals surface area contributed by atoms with Crippen LogP contribution in [0.5, 0.6) is 5.75 Å². The Hall–Kier alpha value is -1.11. The molecule has 0 heterocycles. The number of aliphatic hydroxyl groups is 1. The van der Waals surface area contributed by atoms with E-state index >= 15 is 0 Å². The first kappa shape index (κ1) is 16.9. The summed E-state index contributed by atoms with van der Waals surface area (Å²) in [6.07, 6.45) is 0. The topological polar surface area (TPSA) is 66.8 Å². The molecule has 1 N–H and O–H groups in total. The van der Waals surface area contributed by atoms with Crippen LogP contribution in [0.3, 0.4) is 0 Å². The van der Waals surface area contributed by atoms with Crippen LogP contribution in [0.2, 0.25) is 0 Å². The molecular formula is C14H23NO4S. The molecule has 0 spiro atoms. The number of methoxy groups -OCH3 is 1. The maximum absolute atomic E-state index is 12.6. The number of sulfonamides is 1. The van der Waals surface area contributed by atoms with Gasteiger partial charge in [0.05, 0.1) is 17.6 Å². The summed E-state index contributed by atoms with van der Waals surface area (Å²) in [7, 11) is -2.07. The predicted octanol–water partition coefficient (Wildman–Crippen LogP) is 1.79. The second-order valence-corrected chi connectivity index (χ2v) is 7.31. The van der Waals surface area contributed by atoms with Gasteiger partial charge in [-0.2, -0.15) is 4.31 Å². The summed E-state index contributed by atoms with van der Waals surface area (Å²) in [5.74, 6) is 0.648. The zero-order valence-corrected chi connectivity index (χ0v) is 13.5. The Morgan fingerprint density at radius 1 is 1.35 bits per heavy atom. The lowest BCUT2D eigenvalue weighted by Crippen LogP contribution is -2.42. The molecule has 0 aliphatic carbocycles. The van der Waals surface area contributed by atoms with Crippen molar-refractivity contribution >= 4 is 10.0 Å². The molecular weight excluding hydrogens is 278 g/mol. The van der Waals surface area contributed by atoms with Gasteiger partial charge in [0, 0.05) is 13.1 Å². The van der Waals surface area contributed by atoms with Gasteiger partial charge in [0.15, 0.2) is 0 Å². The zero-order chi connectivity index (χ0) is 15.6. The highest BCUT2D eigenvalue weighted by Gasteiger charge is 2.28. The van der Waals surface area contributed by atoms with Crippen LogP contribution in [-0.4, -0.2) is 43.6 Å². The summed E-state index contributed by atoms with van der Waals surface area (Å²) in [4.78, 5) is 0.210. The average molecular weight is 301 g/mol. The third-order valence-corrected chi connectivity index (χ3v) is 4.84. The molecule has 0 saturated heterocycles. The first-order valence-electron chi connectivity index (χ1n) is 6.49. The number of hydrogen-bond donors (Lipinski definition) is 1. The SMILES string of the molecule is CCN(CC(C)(C)O)S(=O)(=O)c1ccc(OC)c(C)c1. The van der Waals surface area contributed by atoms with Gasteiger partial charge >= 0.3 is 0 Å². The van der Waals surface area contributed by atoms with E-state index in [9.17, 15) is 13.5 Å². The van der Waals surface area contributed by atoms with Gasteiger partial charge < -0.3 is 9.84 Å². The molecule has 114 valence electrons. The fraction of sp³-hybridized carbons (Fsp3) is 0.571. The van der Waals surface area contributed by atoms with Crippen LogP contribution in [0.4, 0.5) is 0 Å². The van der Waals surface area contributed by atoms with E-state index in [4.69, 9.17) is 4.74 Å². The Morgan fingerprint density at radius 2 is 1.95 bits per heavy atom. The molecule has 20 heavy (non-hydrogen) atoms. The molecule has 0 atom stereocenters. The Balaban J connectivity index is 3.17. The van der Waals surface area contributed by atoms with E-state index in [0.717, 1.165) is 5.56 Å². The van der Waals surface area contributed by atoms with E-state index < -0.39 is 15.6 Å². The van der Waals surface area contributed by atoms with E-state index in [1.807, 2.05) is 0 Å².